The molecule has 0 bridgehead atoms. The maximum Gasteiger partial charge on any atom is 0.408 e. The Labute approximate surface area is 185 Å². The average molecular weight is 528 g/mol. The molecule has 2 rings (SSSR count). The van der Waals surface area contributed by atoms with E-state index in [0.717, 1.165) is 5.56 Å². The summed E-state index contributed by atoms with van der Waals surface area (Å²) in [4.78, 5) is 37.1. The summed E-state index contributed by atoms with van der Waals surface area (Å²) in [5.41, 5.74) is 7.19. The van der Waals surface area contributed by atoms with E-state index in [1.807, 2.05) is 18.2 Å². The van der Waals surface area contributed by atoms with Crippen molar-refractivity contribution in [1.82, 2.24) is 5.32 Å². The average Bonchev–Trinajstić information content (AvgIpc) is 2.66. The van der Waals surface area contributed by atoms with Crippen molar-refractivity contribution in [3.8, 4) is 0 Å². The molecule has 3 N–H and O–H groups in total. The van der Waals surface area contributed by atoms with Crippen LogP contribution in [0.1, 0.15) is 29.3 Å². The van der Waals surface area contributed by atoms with E-state index in [1.165, 1.54) is 0 Å². The topological polar surface area (TPSA) is 108 Å². The second kappa shape index (κ2) is 11.0. The maximum absolute atomic E-state index is 12.8. The summed E-state index contributed by atoms with van der Waals surface area (Å²) in [5, 5.41) is 2.40. The van der Waals surface area contributed by atoms with Gasteiger partial charge in [-0.3, -0.25) is 4.79 Å². The molecule has 0 unspecified atom stereocenters. The van der Waals surface area contributed by atoms with E-state index in [4.69, 9.17) is 15.2 Å². The van der Waals surface area contributed by atoms with Gasteiger partial charge in [0.2, 0.25) is 0 Å². The zero-order valence-corrected chi connectivity index (χ0v) is 18.8. The van der Waals surface area contributed by atoms with Crippen molar-refractivity contribution in [2.75, 3.05) is 12.3 Å². The number of benzene rings is 2. The molecule has 0 aliphatic rings. The fourth-order valence-corrected chi connectivity index (χ4v) is 4.00. The lowest BCUT2D eigenvalue weighted by Gasteiger charge is -2.17. The van der Waals surface area contributed by atoms with Gasteiger partial charge in [-0.1, -0.05) is 46.3 Å². The Hall–Kier alpha value is -2.39. The molecule has 0 aromatic heterocycles. The van der Waals surface area contributed by atoms with Gasteiger partial charge in [0, 0.05) is 21.1 Å². The number of nitrogen functional groups attached to an aromatic ring is 1. The first kappa shape index (κ1) is 22.9. The van der Waals surface area contributed by atoms with E-state index in [2.05, 4.69) is 37.2 Å². The minimum atomic E-state index is -1.21. The van der Waals surface area contributed by atoms with E-state index >= 15 is 0 Å². The second-order valence-electron chi connectivity index (χ2n) is 5.99. The third-order valence-corrected chi connectivity index (χ3v) is 4.91. The molecule has 0 aliphatic carbocycles. The third-order valence-electron chi connectivity index (χ3n) is 3.83. The van der Waals surface area contributed by atoms with Gasteiger partial charge < -0.3 is 20.5 Å². The van der Waals surface area contributed by atoms with Crippen LogP contribution in [0.2, 0.25) is 0 Å². The number of Topliss-reactive ketones (excluding diaryl/α,β-unsaturated/α-hetero) is 1. The highest BCUT2D eigenvalue weighted by Crippen LogP contribution is 2.29. The molecule has 2 aromatic rings. The van der Waals surface area contributed by atoms with E-state index in [0.29, 0.717) is 8.95 Å². The third kappa shape index (κ3) is 6.86. The number of rotatable bonds is 8. The Morgan fingerprint density at radius 2 is 1.79 bits per heavy atom. The number of halogens is 2. The van der Waals surface area contributed by atoms with Gasteiger partial charge in [-0.15, -0.1) is 0 Å². The largest absolute Gasteiger partial charge is 0.464 e. The molecule has 0 saturated carbocycles. The standard InChI is InChI=1S/C20H20Br2N2O5/c1-2-28-19(26)16(24-20(27)29-11-12-6-4-3-5-7-12)10-17(25)18-14(22)8-13(21)9-15(18)23/h3-9,16H,2,10-11,23H2,1H3,(H,24,27)/t16-/m0/s1. The van der Waals surface area contributed by atoms with Crippen LogP contribution in [0.3, 0.4) is 0 Å². The number of esters is 1. The number of anilines is 1. The molecule has 2 aromatic carbocycles. The smallest absolute Gasteiger partial charge is 0.408 e. The van der Waals surface area contributed by atoms with E-state index < -0.39 is 23.9 Å². The van der Waals surface area contributed by atoms with Gasteiger partial charge in [0.25, 0.3) is 0 Å². The summed E-state index contributed by atoms with van der Waals surface area (Å²) < 4.78 is 11.3. The fourth-order valence-electron chi connectivity index (χ4n) is 2.52. The molecular formula is C20H20Br2N2O5. The van der Waals surface area contributed by atoms with E-state index in [1.54, 1.807) is 31.2 Å². The van der Waals surface area contributed by atoms with Crippen LogP contribution in [0.25, 0.3) is 0 Å². The molecule has 0 spiro atoms. The van der Waals surface area contributed by atoms with Crippen LogP contribution in [-0.4, -0.2) is 30.5 Å². The number of nitrogens with one attached hydrogen (secondary N) is 1. The number of hydrogen-bond donors (Lipinski definition) is 2. The van der Waals surface area contributed by atoms with Crippen molar-refractivity contribution in [2.45, 2.75) is 26.0 Å². The highest BCUT2D eigenvalue weighted by atomic mass is 79.9. The molecule has 0 heterocycles. The Bertz CT molecular complexity index is 867. The van der Waals surface area contributed by atoms with Crippen LogP contribution in [0, 0.1) is 0 Å². The highest BCUT2D eigenvalue weighted by Gasteiger charge is 2.28. The normalized spacial score (nSPS) is 11.4. The van der Waals surface area contributed by atoms with Gasteiger partial charge in [0.1, 0.15) is 12.6 Å². The number of carbonyl (C=O) groups excluding carboxylic acids is 3. The van der Waals surface area contributed by atoms with Crippen molar-refractivity contribution < 1.29 is 23.9 Å². The first-order valence-corrected chi connectivity index (χ1v) is 10.3. The number of nitrogens with two attached hydrogens (primary N) is 1. The Kier molecular flexibility index (Phi) is 8.66. The van der Waals surface area contributed by atoms with Crippen LogP contribution in [0.5, 0.6) is 0 Å². The van der Waals surface area contributed by atoms with Gasteiger partial charge in [-0.25, -0.2) is 9.59 Å². The van der Waals surface area contributed by atoms with Gasteiger partial charge >= 0.3 is 12.1 Å². The summed E-state index contributed by atoms with van der Waals surface area (Å²) in [5.74, 6) is -1.16. The number of ether oxygens (including phenoxy) is 2. The zero-order valence-electron chi connectivity index (χ0n) is 15.6. The molecule has 1 amide bonds. The lowest BCUT2D eigenvalue weighted by atomic mass is 10.0. The summed E-state index contributed by atoms with van der Waals surface area (Å²) >= 11 is 6.59. The molecule has 29 heavy (non-hydrogen) atoms. The summed E-state index contributed by atoms with van der Waals surface area (Å²) in [6.07, 6.45) is -1.16. The zero-order chi connectivity index (χ0) is 21.4. The monoisotopic (exact) mass is 526 g/mol. The van der Waals surface area contributed by atoms with E-state index in [-0.39, 0.29) is 30.9 Å². The number of carbonyl (C=O) groups is 3. The molecular weight excluding hydrogens is 508 g/mol. The van der Waals surface area contributed by atoms with Gasteiger partial charge in [-0.05, 0) is 40.5 Å². The highest BCUT2D eigenvalue weighted by molar-refractivity contribution is 9.11. The van der Waals surface area contributed by atoms with Crippen molar-refractivity contribution >= 4 is 55.4 Å². The molecule has 1 atom stereocenters. The summed E-state index contributed by atoms with van der Waals surface area (Å²) in [7, 11) is 0. The molecule has 7 nitrogen and oxygen atoms in total. The Morgan fingerprint density at radius 3 is 2.41 bits per heavy atom. The lowest BCUT2D eigenvalue weighted by molar-refractivity contribution is -0.145. The predicted molar refractivity (Wildman–Crippen MR) is 115 cm³/mol. The first-order chi connectivity index (χ1) is 13.8. The minimum Gasteiger partial charge on any atom is -0.464 e. The Morgan fingerprint density at radius 1 is 1.10 bits per heavy atom. The van der Waals surface area contributed by atoms with Crippen molar-refractivity contribution in [1.29, 1.82) is 0 Å². The maximum atomic E-state index is 12.8. The molecule has 0 fully saturated rings. The molecule has 154 valence electrons. The van der Waals surface area contributed by atoms with Crippen molar-refractivity contribution in [2.24, 2.45) is 0 Å². The Balaban J connectivity index is 2.08. The fraction of sp³-hybridized carbons (Fsp3) is 0.250. The molecule has 0 saturated heterocycles. The summed E-state index contributed by atoms with van der Waals surface area (Å²) in [6, 6.07) is 11.1. The van der Waals surface area contributed by atoms with E-state index in [9.17, 15) is 14.4 Å². The van der Waals surface area contributed by atoms with Crippen molar-refractivity contribution in [3.63, 3.8) is 0 Å². The van der Waals surface area contributed by atoms with Gasteiger partial charge in [-0.2, -0.15) is 0 Å². The quantitative estimate of drug-likeness (QED) is 0.302. The van der Waals surface area contributed by atoms with Gasteiger partial charge in [0.15, 0.2) is 5.78 Å². The number of alkyl carbamates (subject to hydrolysis) is 1. The van der Waals surface area contributed by atoms with Crippen LogP contribution in [-0.2, 0) is 20.9 Å². The molecule has 0 aliphatic heterocycles. The predicted octanol–water partition coefficient (Wildman–Crippen LogP) is 4.22. The number of amides is 1. The minimum absolute atomic E-state index is 0.0291. The second-order valence-corrected chi connectivity index (χ2v) is 7.76. The van der Waals surface area contributed by atoms with Crippen LogP contribution in [0.4, 0.5) is 10.5 Å². The molecule has 9 heteroatoms. The van der Waals surface area contributed by atoms with Crippen LogP contribution < -0.4 is 11.1 Å². The number of hydrogen-bond acceptors (Lipinski definition) is 6. The first-order valence-electron chi connectivity index (χ1n) is 8.73. The van der Waals surface area contributed by atoms with Crippen LogP contribution >= 0.6 is 31.9 Å². The summed E-state index contributed by atoms with van der Waals surface area (Å²) in [6.45, 7) is 1.77. The van der Waals surface area contributed by atoms with Crippen molar-refractivity contribution in [3.05, 3.63) is 62.5 Å². The van der Waals surface area contributed by atoms with Gasteiger partial charge in [0.05, 0.1) is 12.2 Å². The number of ketones is 1. The SMILES string of the molecule is CCOC(=O)[C@H](CC(=O)c1c(N)cc(Br)cc1Br)NC(=O)OCc1ccccc1. The van der Waals surface area contributed by atoms with Crippen LogP contribution in [0.15, 0.2) is 51.4 Å². The molecule has 0 radical (unpaired) electrons. The lowest BCUT2D eigenvalue weighted by Crippen LogP contribution is -2.43.